The van der Waals surface area contributed by atoms with Gasteiger partial charge in [0.2, 0.25) is 5.91 Å². The summed E-state index contributed by atoms with van der Waals surface area (Å²) in [6.07, 6.45) is 1.06. The molecule has 0 bridgehead atoms. The molecule has 0 aliphatic carbocycles. The molecule has 88 valence electrons. The summed E-state index contributed by atoms with van der Waals surface area (Å²) < 4.78 is 0. The second-order valence-corrected chi connectivity index (χ2v) is 4.92. The first kappa shape index (κ1) is 12.5. The van der Waals surface area contributed by atoms with Crippen molar-refractivity contribution < 1.29 is 4.79 Å². The second kappa shape index (κ2) is 4.94. The number of carbonyl (C=O) groups is 1. The standard InChI is InChI=1S/C11H23N3O/c1-8(2)10(12)11(15)14(4)9-5-6-13(3)7-9/h8-10H,5-7,12H2,1-4H3. The van der Waals surface area contributed by atoms with E-state index in [1.54, 1.807) is 0 Å². The predicted molar refractivity (Wildman–Crippen MR) is 61.5 cm³/mol. The highest BCUT2D eigenvalue weighted by Crippen LogP contribution is 2.14. The molecule has 0 aromatic heterocycles. The third-order valence-corrected chi connectivity index (χ3v) is 3.27. The lowest BCUT2D eigenvalue weighted by Crippen LogP contribution is -2.49. The van der Waals surface area contributed by atoms with Crippen LogP contribution < -0.4 is 5.73 Å². The molecule has 4 nitrogen and oxygen atoms in total. The number of carbonyl (C=O) groups excluding carboxylic acids is 1. The summed E-state index contributed by atoms with van der Waals surface area (Å²) in [7, 11) is 3.95. The molecular formula is C11H23N3O. The lowest BCUT2D eigenvalue weighted by molar-refractivity contribution is -0.134. The Hall–Kier alpha value is -0.610. The van der Waals surface area contributed by atoms with Crippen molar-refractivity contribution in [3.63, 3.8) is 0 Å². The highest BCUT2D eigenvalue weighted by Gasteiger charge is 2.29. The van der Waals surface area contributed by atoms with Crippen LogP contribution >= 0.6 is 0 Å². The molecule has 1 saturated heterocycles. The number of likely N-dealkylation sites (N-methyl/N-ethyl adjacent to an activating group) is 2. The van der Waals surface area contributed by atoms with Crippen molar-refractivity contribution in [2.24, 2.45) is 11.7 Å². The summed E-state index contributed by atoms with van der Waals surface area (Å²) in [6, 6.07) is -0.0202. The van der Waals surface area contributed by atoms with Gasteiger partial charge in [0, 0.05) is 19.6 Å². The molecular weight excluding hydrogens is 190 g/mol. The van der Waals surface area contributed by atoms with E-state index in [2.05, 4.69) is 11.9 Å². The first-order valence-electron chi connectivity index (χ1n) is 5.64. The number of hydrogen-bond donors (Lipinski definition) is 1. The van der Waals surface area contributed by atoms with Gasteiger partial charge in [-0.15, -0.1) is 0 Å². The first-order chi connectivity index (χ1) is 6.93. The van der Waals surface area contributed by atoms with Crippen LogP contribution in [-0.2, 0) is 4.79 Å². The van der Waals surface area contributed by atoms with E-state index in [9.17, 15) is 4.79 Å². The van der Waals surface area contributed by atoms with Gasteiger partial charge in [-0.25, -0.2) is 0 Å². The molecule has 2 unspecified atom stereocenters. The van der Waals surface area contributed by atoms with Crippen LogP contribution in [0.2, 0.25) is 0 Å². The van der Waals surface area contributed by atoms with Gasteiger partial charge in [0.25, 0.3) is 0 Å². The van der Waals surface area contributed by atoms with Gasteiger partial charge in [-0.2, -0.15) is 0 Å². The molecule has 0 aromatic carbocycles. The van der Waals surface area contributed by atoms with Gasteiger partial charge in [0.1, 0.15) is 0 Å². The Bertz CT molecular complexity index is 230. The van der Waals surface area contributed by atoms with Gasteiger partial charge in [-0.1, -0.05) is 13.8 Å². The lowest BCUT2D eigenvalue weighted by Gasteiger charge is -2.28. The van der Waals surface area contributed by atoms with Crippen LogP contribution in [0.5, 0.6) is 0 Å². The first-order valence-corrected chi connectivity index (χ1v) is 5.64. The lowest BCUT2D eigenvalue weighted by atomic mass is 10.0. The van der Waals surface area contributed by atoms with E-state index in [1.165, 1.54) is 0 Å². The molecule has 0 radical (unpaired) electrons. The Kier molecular flexibility index (Phi) is 4.11. The number of rotatable bonds is 3. The second-order valence-electron chi connectivity index (χ2n) is 4.92. The largest absolute Gasteiger partial charge is 0.340 e. The van der Waals surface area contributed by atoms with Crippen molar-refractivity contribution in [2.75, 3.05) is 27.2 Å². The van der Waals surface area contributed by atoms with Crippen LogP contribution in [0.1, 0.15) is 20.3 Å². The monoisotopic (exact) mass is 213 g/mol. The number of hydrogen-bond acceptors (Lipinski definition) is 3. The Balaban J connectivity index is 2.53. The fourth-order valence-corrected chi connectivity index (χ4v) is 1.93. The predicted octanol–water partition coefficient (Wildman–Crippen LogP) is 0.132. The molecule has 1 rings (SSSR count). The van der Waals surface area contributed by atoms with Crippen molar-refractivity contribution in [1.29, 1.82) is 0 Å². The third kappa shape index (κ3) is 2.92. The normalized spacial score (nSPS) is 24.5. The number of amides is 1. The number of nitrogens with zero attached hydrogens (tertiary/aromatic N) is 2. The maximum absolute atomic E-state index is 12.0. The van der Waals surface area contributed by atoms with E-state index < -0.39 is 0 Å². The van der Waals surface area contributed by atoms with Crippen LogP contribution in [0.3, 0.4) is 0 Å². The van der Waals surface area contributed by atoms with E-state index in [-0.39, 0.29) is 17.9 Å². The fraction of sp³-hybridized carbons (Fsp3) is 0.909. The average Bonchev–Trinajstić information content (AvgIpc) is 2.61. The molecule has 0 spiro atoms. The zero-order valence-corrected chi connectivity index (χ0v) is 10.2. The summed E-state index contributed by atoms with van der Waals surface area (Å²) in [6.45, 7) is 6.00. The topological polar surface area (TPSA) is 49.6 Å². The maximum atomic E-state index is 12.0. The molecule has 1 amide bonds. The van der Waals surface area contributed by atoms with Crippen molar-refractivity contribution in [1.82, 2.24) is 9.80 Å². The Morgan fingerprint density at radius 3 is 2.53 bits per heavy atom. The Morgan fingerprint density at radius 2 is 2.13 bits per heavy atom. The number of likely N-dealkylation sites (tertiary alicyclic amines) is 1. The Labute approximate surface area is 92.4 Å². The van der Waals surface area contributed by atoms with Gasteiger partial charge < -0.3 is 15.5 Å². The summed E-state index contributed by atoms with van der Waals surface area (Å²) in [5.41, 5.74) is 5.86. The quantitative estimate of drug-likeness (QED) is 0.725. The van der Waals surface area contributed by atoms with Crippen LogP contribution in [0.4, 0.5) is 0 Å². The van der Waals surface area contributed by atoms with Crippen LogP contribution in [0.15, 0.2) is 0 Å². The van der Waals surface area contributed by atoms with E-state index in [0.29, 0.717) is 6.04 Å². The van der Waals surface area contributed by atoms with E-state index >= 15 is 0 Å². The molecule has 2 atom stereocenters. The van der Waals surface area contributed by atoms with Gasteiger partial charge in [0.15, 0.2) is 0 Å². The minimum absolute atomic E-state index is 0.0744. The van der Waals surface area contributed by atoms with Gasteiger partial charge in [0.05, 0.1) is 6.04 Å². The zero-order chi connectivity index (χ0) is 11.6. The van der Waals surface area contributed by atoms with Crippen LogP contribution in [0.25, 0.3) is 0 Å². The van der Waals surface area contributed by atoms with E-state index in [4.69, 9.17) is 5.73 Å². The fourth-order valence-electron chi connectivity index (χ4n) is 1.93. The molecule has 2 N–H and O–H groups in total. The van der Waals surface area contributed by atoms with E-state index in [1.807, 2.05) is 25.8 Å². The Morgan fingerprint density at radius 1 is 1.53 bits per heavy atom. The maximum Gasteiger partial charge on any atom is 0.239 e. The third-order valence-electron chi connectivity index (χ3n) is 3.27. The van der Waals surface area contributed by atoms with Gasteiger partial charge >= 0.3 is 0 Å². The highest BCUT2D eigenvalue weighted by molar-refractivity contribution is 5.82. The molecule has 1 heterocycles. The average molecular weight is 213 g/mol. The molecule has 15 heavy (non-hydrogen) atoms. The summed E-state index contributed by atoms with van der Waals surface area (Å²) in [4.78, 5) is 16.0. The molecule has 1 fully saturated rings. The van der Waals surface area contributed by atoms with Crippen molar-refractivity contribution in [3.8, 4) is 0 Å². The summed E-state index contributed by atoms with van der Waals surface area (Å²) >= 11 is 0. The van der Waals surface area contributed by atoms with Crippen molar-refractivity contribution >= 4 is 5.91 Å². The van der Waals surface area contributed by atoms with Crippen LogP contribution in [0, 0.1) is 5.92 Å². The molecule has 1 aliphatic rings. The molecule has 0 aromatic rings. The smallest absolute Gasteiger partial charge is 0.239 e. The SMILES string of the molecule is CC(C)C(N)C(=O)N(C)C1CCN(C)C1. The zero-order valence-electron chi connectivity index (χ0n) is 10.2. The molecule has 0 saturated carbocycles. The van der Waals surface area contributed by atoms with Gasteiger partial charge in [-0.3, -0.25) is 4.79 Å². The summed E-state index contributed by atoms with van der Waals surface area (Å²) in [5.74, 6) is 0.282. The molecule has 4 heteroatoms. The van der Waals surface area contributed by atoms with Crippen LogP contribution in [-0.4, -0.2) is 55.0 Å². The highest BCUT2D eigenvalue weighted by atomic mass is 16.2. The minimum atomic E-state index is -0.360. The van der Waals surface area contributed by atoms with Gasteiger partial charge in [-0.05, 0) is 25.9 Å². The minimum Gasteiger partial charge on any atom is -0.340 e. The summed E-state index contributed by atoms with van der Waals surface area (Å²) in [5, 5.41) is 0. The number of nitrogens with two attached hydrogens (primary N) is 1. The molecule has 1 aliphatic heterocycles. The van der Waals surface area contributed by atoms with Crippen molar-refractivity contribution in [2.45, 2.75) is 32.4 Å². The van der Waals surface area contributed by atoms with E-state index in [0.717, 1.165) is 19.5 Å². The van der Waals surface area contributed by atoms with Crippen molar-refractivity contribution in [3.05, 3.63) is 0 Å².